The van der Waals surface area contributed by atoms with Gasteiger partial charge < -0.3 is 10.1 Å². The van der Waals surface area contributed by atoms with Crippen LogP contribution >= 0.6 is 0 Å². The van der Waals surface area contributed by atoms with Crippen LogP contribution in [0.4, 0.5) is 0 Å². The first-order valence-electron chi connectivity index (χ1n) is 6.15. The minimum absolute atomic E-state index is 0.367. The number of allylic oxidation sites excluding steroid dienone is 1. The molecule has 3 unspecified atom stereocenters. The van der Waals surface area contributed by atoms with Gasteiger partial charge >= 0.3 is 0 Å². The van der Waals surface area contributed by atoms with Crippen molar-refractivity contribution in [1.29, 1.82) is 0 Å². The van der Waals surface area contributed by atoms with Crippen molar-refractivity contribution in [2.75, 3.05) is 13.2 Å². The molecule has 0 aromatic heterocycles. The van der Waals surface area contributed by atoms with Gasteiger partial charge in [-0.1, -0.05) is 25.5 Å². The third-order valence-electron chi connectivity index (χ3n) is 2.94. The van der Waals surface area contributed by atoms with Crippen LogP contribution in [0.2, 0.25) is 0 Å². The van der Waals surface area contributed by atoms with Gasteiger partial charge in [0, 0.05) is 6.61 Å². The number of hydrogen-bond donors (Lipinski definition) is 1. The fourth-order valence-electron chi connectivity index (χ4n) is 2.12. The van der Waals surface area contributed by atoms with Crippen LogP contribution in [0.3, 0.4) is 0 Å². The van der Waals surface area contributed by atoms with Gasteiger partial charge in [-0.3, -0.25) is 0 Å². The lowest BCUT2D eigenvalue weighted by Gasteiger charge is -2.25. The van der Waals surface area contributed by atoms with E-state index in [4.69, 9.17) is 4.74 Å². The smallest absolute Gasteiger partial charge is 0.0790 e. The van der Waals surface area contributed by atoms with Gasteiger partial charge in [0.25, 0.3) is 0 Å². The zero-order valence-electron chi connectivity index (χ0n) is 10.5. The molecule has 0 spiro atoms. The van der Waals surface area contributed by atoms with E-state index in [1.807, 2.05) is 0 Å². The van der Waals surface area contributed by atoms with Crippen molar-refractivity contribution in [3.63, 3.8) is 0 Å². The topological polar surface area (TPSA) is 21.3 Å². The Morgan fingerprint density at radius 3 is 2.73 bits per heavy atom. The van der Waals surface area contributed by atoms with E-state index in [-0.39, 0.29) is 0 Å². The highest BCUT2D eigenvalue weighted by atomic mass is 16.5. The van der Waals surface area contributed by atoms with Crippen LogP contribution in [0.15, 0.2) is 11.6 Å². The van der Waals surface area contributed by atoms with Gasteiger partial charge in [-0.25, -0.2) is 0 Å². The second-order valence-electron chi connectivity index (χ2n) is 4.83. The molecule has 1 aliphatic rings. The summed E-state index contributed by atoms with van der Waals surface area (Å²) in [7, 11) is 0. The summed E-state index contributed by atoms with van der Waals surface area (Å²) >= 11 is 0. The fourth-order valence-corrected chi connectivity index (χ4v) is 2.12. The van der Waals surface area contributed by atoms with E-state index in [1.54, 1.807) is 0 Å². The second-order valence-corrected chi connectivity index (χ2v) is 4.83. The molecule has 3 atom stereocenters. The quantitative estimate of drug-likeness (QED) is 0.706. The van der Waals surface area contributed by atoms with Crippen LogP contribution in [0.5, 0.6) is 0 Å². The van der Waals surface area contributed by atoms with E-state index in [9.17, 15) is 0 Å². The zero-order chi connectivity index (χ0) is 11.3. The lowest BCUT2D eigenvalue weighted by Crippen LogP contribution is -2.41. The molecule has 1 rings (SSSR count). The van der Waals surface area contributed by atoms with E-state index in [0.717, 1.165) is 13.2 Å². The van der Waals surface area contributed by atoms with Crippen molar-refractivity contribution in [2.24, 2.45) is 5.92 Å². The Morgan fingerprint density at radius 2 is 2.27 bits per heavy atom. The van der Waals surface area contributed by atoms with Gasteiger partial charge in [-0.05, 0) is 39.2 Å². The van der Waals surface area contributed by atoms with Crippen LogP contribution in [-0.4, -0.2) is 25.3 Å². The molecular formula is C13H25NO. The summed E-state index contributed by atoms with van der Waals surface area (Å²) in [5.41, 5.74) is 1.37. The van der Waals surface area contributed by atoms with Crippen LogP contribution in [0.1, 0.15) is 40.5 Å². The minimum atomic E-state index is 0.367. The molecule has 0 aromatic carbocycles. The molecule has 2 nitrogen and oxygen atoms in total. The first-order chi connectivity index (χ1) is 7.15. The Labute approximate surface area is 94.1 Å². The van der Waals surface area contributed by atoms with Crippen molar-refractivity contribution in [1.82, 2.24) is 5.32 Å². The van der Waals surface area contributed by atoms with Crippen molar-refractivity contribution >= 4 is 0 Å². The molecule has 88 valence electrons. The first-order valence-corrected chi connectivity index (χ1v) is 6.15. The average molecular weight is 211 g/mol. The van der Waals surface area contributed by atoms with E-state index in [2.05, 4.69) is 39.1 Å². The fraction of sp³-hybridized carbons (Fsp3) is 0.846. The summed E-state index contributed by atoms with van der Waals surface area (Å²) < 4.78 is 5.82. The highest BCUT2D eigenvalue weighted by Crippen LogP contribution is 2.24. The van der Waals surface area contributed by atoms with Crippen LogP contribution < -0.4 is 5.32 Å². The molecule has 1 aliphatic heterocycles. The van der Waals surface area contributed by atoms with Crippen molar-refractivity contribution in [3.05, 3.63) is 11.6 Å². The molecule has 0 bridgehead atoms. The maximum atomic E-state index is 5.82. The average Bonchev–Trinajstić information content (AvgIpc) is 2.58. The molecule has 0 aliphatic carbocycles. The molecule has 0 aromatic rings. The van der Waals surface area contributed by atoms with E-state index < -0.39 is 0 Å². The van der Waals surface area contributed by atoms with Gasteiger partial charge in [0.15, 0.2) is 0 Å². The molecule has 1 saturated heterocycles. The zero-order valence-corrected chi connectivity index (χ0v) is 10.5. The van der Waals surface area contributed by atoms with Gasteiger partial charge in [-0.15, -0.1) is 0 Å². The third-order valence-corrected chi connectivity index (χ3v) is 2.94. The lowest BCUT2D eigenvalue weighted by molar-refractivity contribution is 0.0741. The summed E-state index contributed by atoms with van der Waals surface area (Å²) in [4.78, 5) is 0. The maximum absolute atomic E-state index is 5.82. The predicted octanol–water partition coefficient (Wildman–Crippen LogP) is 2.75. The van der Waals surface area contributed by atoms with Gasteiger partial charge in [0.2, 0.25) is 0 Å². The molecule has 2 heteroatoms. The summed E-state index contributed by atoms with van der Waals surface area (Å²) in [5, 5.41) is 3.57. The third kappa shape index (κ3) is 3.96. The molecule has 0 amide bonds. The minimum Gasteiger partial charge on any atom is -0.376 e. The predicted molar refractivity (Wildman–Crippen MR) is 65.0 cm³/mol. The maximum Gasteiger partial charge on any atom is 0.0790 e. The van der Waals surface area contributed by atoms with E-state index in [1.165, 1.54) is 18.4 Å². The molecular weight excluding hydrogens is 186 g/mol. The van der Waals surface area contributed by atoms with Crippen LogP contribution in [0.25, 0.3) is 0 Å². The van der Waals surface area contributed by atoms with Gasteiger partial charge in [0.05, 0.1) is 12.1 Å². The van der Waals surface area contributed by atoms with Crippen molar-refractivity contribution in [2.45, 2.75) is 52.7 Å². The van der Waals surface area contributed by atoms with Crippen LogP contribution in [-0.2, 0) is 4.74 Å². The van der Waals surface area contributed by atoms with Crippen molar-refractivity contribution < 1.29 is 4.74 Å². The summed E-state index contributed by atoms with van der Waals surface area (Å²) in [6.45, 7) is 10.8. The first kappa shape index (κ1) is 12.7. The van der Waals surface area contributed by atoms with Gasteiger partial charge in [0.1, 0.15) is 0 Å². The number of nitrogens with one attached hydrogen (secondary N) is 1. The highest BCUT2D eigenvalue weighted by Gasteiger charge is 2.30. The summed E-state index contributed by atoms with van der Waals surface area (Å²) in [5.74, 6) is 0.676. The van der Waals surface area contributed by atoms with E-state index >= 15 is 0 Å². The van der Waals surface area contributed by atoms with Crippen LogP contribution in [0, 0.1) is 5.92 Å². The Morgan fingerprint density at radius 1 is 1.53 bits per heavy atom. The number of ether oxygens (including phenoxy) is 1. The monoisotopic (exact) mass is 211 g/mol. The highest BCUT2D eigenvalue weighted by molar-refractivity contribution is 5.05. The molecule has 1 heterocycles. The Hall–Kier alpha value is -0.340. The Balaban J connectivity index is 2.58. The molecule has 0 saturated carbocycles. The molecule has 1 N–H and O–H groups in total. The number of hydrogen-bond acceptors (Lipinski definition) is 2. The normalized spacial score (nSPS) is 27.7. The number of rotatable bonds is 5. The molecule has 0 radical (unpaired) electrons. The summed E-state index contributed by atoms with van der Waals surface area (Å²) in [6.07, 6.45) is 5.05. The largest absolute Gasteiger partial charge is 0.376 e. The van der Waals surface area contributed by atoms with E-state index in [0.29, 0.717) is 18.1 Å². The standard InChI is InChI=1S/C13H25NO/c1-5-7-14-12(9-10(2)3)13-11(4)6-8-15-13/h9,11-14H,5-8H2,1-4H3. The Bertz CT molecular complexity index is 209. The van der Waals surface area contributed by atoms with Gasteiger partial charge in [-0.2, -0.15) is 0 Å². The molecule has 1 fully saturated rings. The van der Waals surface area contributed by atoms with Crippen molar-refractivity contribution in [3.8, 4) is 0 Å². The summed E-state index contributed by atoms with van der Waals surface area (Å²) in [6, 6.07) is 0.396. The Kier molecular flexibility index (Phi) is 5.34. The SMILES string of the molecule is CCCNC(C=C(C)C)C1OCCC1C. The lowest BCUT2D eigenvalue weighted by atomic mass is 9.96. The second kappa shape index (κ2) is 6.29. The molecule has 15 heavy (non-hydrogen) atoms.